The van der Waals surface area contributed by atoms with Crippen LogP contribution in [0.5, 0.6) is 11.5 Å². The number of esters is 1. The molecule has 0 aliphatic rings. The van der Waals surface area contributed by atoms with Crippen molar-refractivity contribution in [2.45, 2.75) is 26.2 Å². The number of carbonyl (C=O) groups is 1. The molecule has 0 aromatic heterocycles. The Bertz CT molecular complexity index is 1180. The molecular weight excluding hydrogens is 502 g/mol. The van der Waals surface area contributed by atoms with Crippen LogP contribution in [-0.4, -0.2) is 11.1 Å². The summed E-state index contributed by atoms with van der Waals surface area (Å²) in [6, 6.07) is 23.2. The Hall–Kier alpha value is -1.75. The van der Waals surface area contributed by atoms with E-state index in [0.717, 1.165) is 39.9 Å². The fraction of sp³-hybridized carbons (Fsp3) is 0.160. The summed E-state index contributed by atoms with van der Waals surface area (Å²) in [6.07, 6.45) is 2.11. The standard InChI is InChI=1S/C25H22O3.3ClH.Ti/c1-2-3-12-23(27)28-22-16-14-18-9-5-7-11-20(18)25(22)24-19-10-6-4-8-17(19)13-15-21(24)26;;;;/h4-11,13-16,26H,2-3,12H2,1H3;3*1H;/q;;;;+3/p-3. The fourth-order valence-corrected chi connectivity index (χ4v) is 3.61. The predicted octanol–water partition coefficient (Wildman–Crippen LogP) is -2.53. The first-order valence-corrected chi connectivity index (χ1v) is 9.62. The number of benzene rings is 4. The van der Waals surface area contributed by atoms with Gasteiger partial charge in [-0.05, 0) is 40.1 Å². The van der Waals surface area contributed by atoms with Crippen molar-refractivity contribution in [1.82, 2.24) is 0 Å². The maximum absolute atomic E-state index is 12.4. The molecule has 3 nitrogen and oxygen atoms in total. The quantitative estimate of drug-likeness (QED) is 0.178. The van der Waals surface area contributed by atoms with Gasteiger partial charge in [-0.1, -0.05) is 74.0 Å². The predicted molar refractivity (Wildman–Crippen MR) is 114 cm³/mol. The monoisotopic (exact) mass is 523 g/mol. The van der Waals surface area contributed by atoms with Gasteiger partial charge in [-0.25, -0.2) is 0 Å². The third-order valence-electron chi connectivity index (χ3n) is 5.01. The first kappa shape index (κ1) is 30.3. The Morgan fingerprint density at radius 1 is 0.781 bits per heavy atom. The van der Waals surface area contributed by atoms with Gasteiger partial charge in [-0.15, -0.1) is 0 Å². The molecule has 0 saturated heterocycles. The van der Waals surface area contributed by atoms with Gasteiger partial charge in [-0.2, -0.15) is 0 Å². The SMILES string of the molecule is CCCCC(=O)Oc1ccc2ccccc2c1-c1c(O)ccc2ccccc12.[Cl-].[Cl-].[Cl-].[Ti+3]. The minimum absolute atomic E-state index is 0. The van der Waals surface area contributed by atoms with Crippen LogP contribution in [0.15, 0.2) is 72.8 Å². The molecule has 4 aromatic carbocycles. The molecule has 4 aromatic rings. The second-order valence-corrected chi connectivity index (χ2v) is 6.92. The van der Waals surface area contributed by atoms with Crippen LogP contribution in [0.1, 0.15) is 26.2 Å². The normalized spacial score (nSPS) is 9.66. The summed E-state index contributed by atoms with van der Waals surface area (Å²) in [5.41, 5.74) is 1.44. The van der Waals surface area contributed by atoms with E-state index in [1.54, 1.807) is 6.07 Å². The van der Waals surface area contributed by atoms with Gasteiger partial charge < -0.3 is 47.1 Å². The number of aromatic hydroxyl groups is 1. The molecular formula is C25H22Cl3O3Ti. The van der Waals surface area contributed by atoms with Crippen molar-refractivity contribution in [3.8, 4) is 22.6 Å². The molecule has 32 heavy (non-hydrogen) atoms. The molecule has 4 rings (SSSR count). The van der Waals surface area contributed by atoms with Crippen LogP contribution in [-0.2, 0) is 26.5 Å². The number of halogens is 3. The van der Waals surface area contributed by atoms with E-state index < -0.39 is 0 Å². The maximum Gasteiger partial charge on any atom is 3.00 e. The van der Waals surface area contributed by atoms with Gasteiger partial charge in [-0.3, -0.25) is 4.79 Å². The first-order valence-electron chi connectivity index (χ1n) is 9.62. The van der Waals surface area contributed by atoms with Crippen molar-refractivity contribution < 1.29 is 73.6 Å². The van der Waals surface area contributed by atoms with Crippen LogP contribution < -0.4 is 42.0 Å². The van der Waals surface area contributed by atoms with Crippen molar-refractivity contribution in [3.05, 3.63) is 72.8 Å². The molecule has 0 fully saturated rings. The van der Waals surface area contributed by atoms with E-state index in [-0.39, 0.29) is 70.7 Å². The van der Waals surface area contributed by atoms with Crippen LogP contribution in [0.2, 0.25) is 0 Å². The zero-order valence-electron chi connectivity index (χ0n) is 17.4. The number of rotatable bonds is 5. The molecule has 0 aliphatic carbocycles. The topological polar surface area (TPSA) is 46.5 Å². The van der Waals surface area contributed by atoms with Gasteiger partial charge in [0.2, 0.25) is 0 Å². The van der Waals surface area contributed by atoms with Gasteiger partial charge in [0, 0.05) is 17.5 Å². The summed E-state index contributed by atoms with van der Waals surface area (Å²) >= 11 is 0. The Labute approximate surface area is 221 Å². The van der Waals surface area contributed by atoms with Crippen molar-refractivity contribution in [3.63, 3.8) is 0 Å². The molecule has 0 saturated carbocycles. The second kappa shape index (κ2) is 13.7. The molecule has 0 unspecified atom stereocenters. The third-order valence-corrected chi connectivity index (χ3v) is 5.01. The molecule has 0 spiro atoms. The van der Waals surface area contributed by atoms with E-state index in [0.29, 0.717) is 17.7 Å². The van der Waals surface area contributed by atoms with Crippen LogP contribution >= 0.6 is 0 Å². The van der Waals surface area contributed by atoms with Crippen molar-refractivity contribution >= 4 is 27.5 Å². The minimum Gasteiger partial charge on any atom is -1.00 e. The first-order chi connectivity index (χ1) is 13.7. The molecule has 0 aliphatic heterocycles. The van der Waals surface area contributed by atoms with E-state index >= 15 is 0 Å². The molecule has 165 valence electrons. The summed E-state index contributed by atoms with van der Waals surface area (Å²) in [5, 5.41) is 14.7. The average Bonchev–Trinajstić information content (AvgIpc) is 2.73. The minimum atomic E-state index is -0.252. The van der Waals surface area contributed by atoms with Crippen LogP contribution in [0, 0.1) is 0 Å². The second-order valence-electron chi connectivity index (χ2n) is 6.92. The van der Waals surface area contributed by atoms with Crippen molar-refractivity contribution in [2.75, 3.05) is 0 Å². The zero-order chi connectivity index (χ0) is 19.5. The van der Waals surface area contributed by atoms with Crippen LogP contribution in [0.4, 0.5) is 0 Å². The van der Waals surface area contributed by atoms with Crippen molar-refractivity contribution in [2.24, 2.45) is 0 Å². The molecule has 7 heteroatoms. The van der Waals surface area contributed by atoms with E-state index in [1.807, 2.05) is 73.7 Å². The van der Waals surface area contributed by atoms with E-state index in [2.05, 4.69) is 0 Å². The van der Waals surface area contributed by atoms with Gasteiger partial charge >= 0.3 is 27.7 Å². The molecule has 1 N–H and O–H groups in total. The summed E-state index contributed by atoms with van der Waals surface area (Å²) in [5.74, 6) is 0.394. The van der Waals surface area contributed by atoms with E-state index in [4.69, 9.17) is 4.74 Å². The number of ether oxygens (including phenoxy) is 1. The number of hydrogen-bond donors (Lipinski definition) is 1. The summed E-state index contributed by atoms with van der Waals surface area (Å²) < 4.78 is 5.76. The Balaban J connectivity index is 0.00000240. The molecule has 0 atom stereocenters. The number of carbonyl (C=O) groups excluding carboxylic acids is 1. The third kappa shape index (κ3) is 6.18. The average molecular weight is 525 g/mol. The van der Waals surface area contributed by atoms with Gasteiger partial charge in [0.15, 0.2) is 0 Å². The van der Waals surface area contributed by atoms with Crippen LogP contribution in [0.3, 0.4) is 0 Å². The molecule has 0 bridgehead atoms. The zero-order valence-corrected chi connectivity index (χ0v) is 21.3. The number of hydrogen-bond acceptors (Lipinski definition) is 3. The molecule has 0 heterocycles. The van der Waals surface area contributed by atoms with Gasteiger partial charge in [0.25, 0.3) is 0 Å². The fourth-order valence-electron chi connectivity index (χ4n) is 3.61. The Morgan fingerprint density at radius 2 is 1.31 bits per heavy atom. The summed E-state index contributed by atoms with van der Waals surface area (Å²) in [7, 11) is 0. The number of phenolic OH excluding ortho intramolecular Hbond substituents is 1. The molecule has 1 radical (unpaired) electrons. The Kier molecular flexibility index (Phi) is 13.0. The number of unbranched alkanes of at least 4 members (excludes halogenated alkanes) is 1. The summed E-state index contributed by atoms with van der Waals surface area (Å²) in [4.78, 5) is 12.4. The number of phenols is 1. The van der Waals surface area contributed by atoms with E-state index in [9.17, 15) is 9.90 Å². The Morgan fingerprint density at radius 3 is 1.91 bits per heavy atom. The largest absolute Gasteiger partial charge is 3.00 e. The maximum atomic E-state index is 12.4. The van der Waals surface area contributed by atoms with Gasteiger partial charge in [0.1, 0.15) is 11.5 Å². The summed E-state index contributed by atoms with van der Waals surface area (Å²) in [6.45, 7) is 2.04. The van der Waals surface area contributed by atoms with Crippen molar-refractivity contribution in [1.29, 1.82) is 0 Å². The van der Waals surface area contributed by atoms with Crippen LogP contribution in [0.25, 0.3) is 32.7 Å². The molecule has 0 amide bonds. The smallest absolute Gasteiger partial charge is 1.00 e. The number of fused-ring (bicyclic) bond motifs is 2. The van der Waals surface area contributed by atoms with E-state index in [1.165, 1.54) is 0 Å². The van der Waals surface area contributed by atoms with Gasteiger partial charge in [0.05, 0.1) is 0 Å².